The van der Waals surface area contributed by atoms with Gasteiger partial charge in [0.15, 0.2) is 5.13 Å². The van der Waals surface area contributed by atoms with Crippen LogP contribution in [0.2, 0.25) is 0 Å². The number of aliphatic hydroxyl groups is 1. The summed E-state index contributed by atoms with van der Waals surface area (Å²) in [4.78, 5) is 44.2. The van der Waals surface area contributed by atoms with Crippen molar-refractivity contribution in [1.29, 1.82) is 0 Å². The smallest absolute Gasteiger partial charge is 0.350 e. The molecular weight excluding hydrogens is 475 g/mol. The van der Waals surface area contributed by atoms with Crippen LogP contribution in [0.5, 0.6) is 5.75 Å². The average molecular weight is 497 g/mol. The number of anilines is 1. The quantitative estimate of drug-likeness (QED) is 0.243. The van der Waals surface area contributed by atoms with Gasteiger partial charge in [-0.25, -0.2) is 14.2 Å². The van der Waals surface area contributed by atoms with E-state index in [2.05, 4.69) is 4.98 Å². The molecule has 0 aliphatic carbocycles. The fourth-order valence-corrected chi connectivity index (χ4v) is 4.83. The Labute approximate surface area is 204 Å². The van der Waals surface area contributed by atoms with Crippen LogP contribution in [0, 0.1) is 19.7 Å². The Bertz CT molecular complexity index is 1400. The third kappa shape index (κ3) is 4.17. The Balaban J connectivity index is 1.96. The summed E-state index contributed by atoms with van der Waals surface area (Å²) in [5.74, 6) is -3.18. The van der Waals surface area contributed by atoms with Crippen molar-refractivity contribution in [1.82, 2.24) is 4.98 Å². The molecule has 0 spiro atoms. The van der Waals surface area contributed by atoms with Crippen molar-refractivity contribution in [2.45, 2.75) is 19.9 Å². The van der Waals surface area contributed by atoms with E-state index in [-0.39, 0.29) is 21.1 Å². The highest BCUT2D eigenvalue weighted by Gasteiger charge is 2.48. The number of aromatic nitrogens is 1. The molecule has 35 heavy (non-hydrogen) atoms. The standard InChI is InChI=1S/C25H21FN2O6S/c1-12-8-9-15(11-17(12)26)20(29)18-19(14-6-5-7-16(10-14)33-3)28(23(31)21(18)30)25-27-13(2)22(35-25)24(32)34-4/h5-11,19,29H,1-4H3/b20-18-. The van der Waals surface area contributed by atoms with Gasteiger partial charge >= 0.3 is 11.9 Å². The van der Waals surface area contributed by atoms with Crippen molar-refractivity contribution in [3.05, 3.63) is 81.1 Å². The lowest BCUT2D eigenvalue weighted by atomic mass is 9.95. The molecule has 8 nitrogen and oxygen atoms in total. The Hall–Kier alpha value is -4.05. The molecule has 2 aromatic carbocycles. The van der Waals surface area contributed by atoms with Crippen LogP contribution in [0.15, 0.2) is 48.0 Å². The number of aryl methyl sites for hydroxylation is 2. The Kier molecular flexibility index (Phi) is 6.40. The van der Waals surface area contributed by atoms with E-state index in [1.807, 2.05) is 0 Å². The number of aliphatic hydroxyl groups excluding tert-OH is 1. The molecule has 180 valence electrons. The molecule has 1 amide bonds. The highest BCUT2D eigenvalue weighted by Crippen LogP contribution is 2.44. The number of Topliss-reactive ketones (excluding diaryl/α,β-unsaturated/α-hetero) is 1. The number of nitrogens with zero attached hydrogens (tertiary/aromatic N) is 2. The number of carbonyl (C=O) groups excluding carboxylic acids is 3. The molecule has 1 aliphatic rings. The van der Waals surface area contributed by atoms with Gasteiger partial charge in [0.2, 0.25) is 0 Å². The monoisotopic (exact) mass is 496 g/mol. The van der Waals surface area contributed by atoms with Gasteiger partial charge in [0.05, 0.1) is 31.5 Å². The molecule has 1 fully saturated rings. The van der Waals surface area contributed by atoms with Crippen molar-refractivity contribution in [2.24, 2.45) is 0 Å². The number of thiazole rings is 1. The van der Waals surface area contributed by atoms with Gasteiger partial charge in [-0.05, 0) is 43.2 Å². The molecule has 4 rings (SSSR count). The molecule has 1 unspecified atom stereocenters. The van der Waals surface area contributed by atoms with Crippen LogP contribution in [0.4, 0.5) is 9.52 Å². The van der Waals surface area contributed by atoms with Gasteiger partial charge in [0.25, 0.3) is 5.78 Å². The second-order valence-electron chi connectivity index (χ2n) is 7.81. The minimum atomic E-state index is -1.11. The molecule has 1 aromatic heterocycles. The lowest BCUT2D eigenvalue weighted by Crippen LogP contribution is -2.29. The predicted molar refractivity (Wildman–Crippen MR) is 127 cm³/mol. The van der Waals surface area contributed by atoms with Crippen LogP contribution >= 0.6 is 11.3 Å². The maximum atomic E-state index is 14.3. The number of rotatable bonds is 5. The Morgan fingerprint density at radius 2 is 1.89 bits per heavy atom. The number of benzene rings is 2. The summed E-state index contributed by atoms with van der Waals surface area (Å²) in [7, 11) is 2.70. The van der Waals surface area contributed by atoms with Crippen molar-refractivity contribution < 1.29 is 33.4 Å². The molecular formula is C25H21FN2O6S. The third-order valence-electron chi connectivity index (χ3n) is 5.66. The number of hydrogen-bond donors (Lipinski definition) is 1. The molecule has 1 saturated heterocycles. The van der Waals surface area contributed by atoms with Crippen molar-refractivity contribution in [3.63, 3.8) is 0 Å². The summed E-state index contributed by atoms with van der Waals surface area (Å²) < 4.78 is 24.3. The first-order chi connectivity index (χ1) is 16.7. The predicted octanol–water partition coefficient (Wildman–Crippen LogP) is 4.32. The van der Waals surface area contributed by atoms with E-state index < -0.39 is 35.3 Å². The van der Waals surface area contributed by atoms with Gasteiger partial charge in [-0.1, -0.05) is 35.6 Å². The molecule has 0 radical (unpaired) electrons. The van der Waals surface area contributed by atoms with Crippen LogP contribution in [-0.4, -0.2) is 42.0 Å². The van der Waals surface area contributed by atoms with Gasteiger partial charge < -0.3 is 14.6 Å². The van der Waals surface area contributed by atoms with Gasteiger partial charge in [0.1, 0.15) is 22.2 Å². The number of amides is 1. The number of esters is 1. The zero-order chi connectivity index (χ0) is 25.4. The zero-order valence-electron chi connectivity index (χ0n) is 19.3. The minimum Gasteiger partial charge on any atom is -0.507 e. The van der Waals surface area contributed by atoms with E-state index >= 15 is 0 Å². The van der Waals surface area contributed by atoms with Crippen molar-refractivity contribution in [3.8, 4) is 5.75 Å². The van der Waals surface area contributed by atoms with Crippen LogP contribution < -0.4 is 9.64 Å². The van der Waals surface area contributed by atoms with Crippen molar-refractivity contribution >= 4 is 39.9 Å². The number of halogens is 1. The SMILES string of the molecule is COC(=O)c1sc(N2C(=O)C(=O)/C(=C(\O)c3ccc(C)c(F)c3)C2c2cccc(OC)c2)nc1C. The maximum Gasteiger partial charge on any atom is 0.350 e. The Morgan fingerprint density at radius 3 is 2.54 bits per heavy atom. The van der Waals surface area contributed by atoms with E-state index in [1.165, 1.54) is 26.4 Å². The highest BCUT2D eigenvalue weighted by atomic mass is 32.1. The molecule has 1 N–H and O–H groups in total. The highest BCUT2D eigenvalue weighted by molar-refractivity contribution is 7.17. The maximum absolute atomic E-state index is 14.3. The van der Waals surface area contributed by atoms with E-state index in [0.29, 0.717) is 22.6 Å². The number of methoxy groups -OCH3 is 2. The molecule has 1 atom stereocenters. The molecule has 0 saturated carbocycles. The average Bonchev–Trinajstić information content (AvgIpc) is 3.36. The van der Waals surface area contributed by atoms with E-state index in [1.54, 1.807) is 38.1 Å². The summed E-state index contributed by atoms with van der Waals surface area (Å²) >= 11 is 0.889. The lowest BCUT2D eigenvalue weighted by Gasteiger charge is -2.23. The lowest BCUT2D eigenvalue weighted by molar-refractivity contribution is -0.132. The van der Waals surface area contributed by atoms with Crippen molar-refractivity contribution in [2.75, 3.05) is 19.1 Å². The van der Waals surface area contributed by atoms with Crippen LogP contribution in [-0.2, 0) is 14.3 Å². The topological polar surface area (TPSA) is 106 Å². The number of hydrogen-bond acceptors (Lipinski definition) is 8. The zero-order valence-corrected chi connectivity index (χ0v) is 20.1. The summed E-state index contributed by atoms with van der Waals surface area (Å²) in [6, 6.07) is 9.57. The summed E-state index contributed by atoms with van der Waals surface area (Å²) in [5.41, 5.74) is 0.942. The second-order valence-corrected chi connectivity index (χ2v) is 8.79. The minimum absolute atomic E-state index is 0.0459. The fraction of sp³-hybridized carbons (Fsp3) is 0.200. The first-order valence-electron chi connectivity index (χ1n) is 10.4. The molecule has 0 bridgehead atoms. The van der Waals surface area contributed by atoms with E-state index in [0.717, 1.165) is 22.3 Å². The van der Waals surface area contributed by atoms with Crippen LogP contribution in [0.25, 0.3) is 5.76 Å². The van der Waals surface area contributed by atoms with E-state index in [4.69, 9.17) is 9.47 Å². The number of ketones is 1. The molecule has 10 heteroatoms. The molecule has 3 aromatic rings. The largest absolute Gasteiger partial charge is 0.507 e. The van der Waals surface area contributed by atoms with Gasteiger partial charge in [0, 0.05) is 5.56 Å². The van der Waals surface area contributed by atoms with E-state index in [9.17, 15) is 23.9 Å². The first-order valence-corrected chi connectivity index (χ1v) is 11.3. The van der Waals surface area contributed by atoms with Crippen LogP contribution in [0.3, 0.4) is 0 Å². The Morgan fingerprint density at radius 1 is 1.14 bits per heavy atom. The summed E-state index contributed by atoms with van der Waals surface area (Å²) in [6.07, 6.45) is 0. The molecule has 2 heterocycles. The number of carbonyl (C=O) groups is 3. The third-order valence-corrected chi connectivity index (χ3v) is 6.80. The summed E-state index contributed by atoms with van der Waals surface area (Å²) in [5, 5.41) is 11.2. The normalized spacial score (nSPS) is 17.1. The summed E-state index contributed by atoms with van der Waals surface area (Å²) in [6.45, 7) is 3.15. The second kappa shape index (κ2) is 9.30. The van der Waals surface area contributed by atoms with Crippen LogP contribution in [0.1, 0.15) is 38.1 Å². The number of ether oxygens (including phenoxy) is 2. The van der Waals surface area contributed by atoms with Gasteiger partial charge in [-0.2, -0.15) is 0 Å². The molecule has 1 aliphatic heterocycles. The van der Waals surface area contributed by atoms with Gasteiger partial charge in [-0.3, -0.25) is 14.5 Å². The fourth-order valence-electron chi connectivity index (χ4n) is 3.82. The first kappa shape index (κ1) is 24.1. The van der Waals surface area contributed by atoms with Gasteiger partial charge in [-0.15, -0.1) is 0 Å².